The zero-order chi connectivity index (χ0) is 11.5. The lowest BCUT2D eigenvalue weighted by atomic mass is 10.2. The van der Waals surface area contributed by atoms with Gasteiger partial charge in [-0.1, -0.05) is 22.9 Å². The molecule has 86 valence electrons. The Morgan fingerprint density at radius 2 is 2.38 bits per heavy atom. The van der Waals surface area contributed by atoms with E-state index in [0.717, 1.165) is 22.3 Å². The Kier molecular flexibility index (Phi) is 3.49. The highest BCUT2D eigenvalue weighted by atomic mass is 79.9. The quantitative estimate of drug-likeness (QED) is 0.835. The standard InChI is InChI=1S/C12H14BrNO2/c1-2-3-12(15)14-6-7-16-11-5-4-9(13)8-10(11)14/h4-5,8H,2-3,6-7H2,1H3. The number of rotatable bonds is 2. The molecular weight excluding hydrogens is 270 g/mol. The fourth-order valence-corrected chi connectivity index (χ4v) is 2.15. The van der Waals surface area contributed by atoms with Gasteiger partial charge in [-0.15, -0.1) is 0 Å². The van der Waals surface area contributed by atoms with Gasteiger partial charge in [0.15, 0.2) is 0 Å². The Bertz CT molecular complexity index is 406. The maximum atomic E-state index is 11.9. The molecule has 16 heavy (non-hydrogen) atoms. The SMILES string of the molecule is CCCC(=O)N1CCOc2ccc(Br)cc21. The predicted molar refractivity (Wildman–Crippen MR) is 66.9 cm³/mol. The summed E-state index contributed by atoms with van der Waals surface area (Å²) in [4.78, 5) is 13.7. The minimum atomic E-state index is 0.171. The van der Waals surface area contributed by atoms with Crippen LogP contribution in [0.25, 0.3) is 0 Å². The number of hydrogen-bond donors (Lipinski definition) is 0. The molecule has 1 amide bonds. The molecule has 0 bridgehead atoms. The number of amides is 1. The molecule has 1 aliphatic rings. The molecule has 3 nitrogen and oxygen atoms in total. The average molecular weight is 284 g/mol. The minimum Gasteiger partial charge on any atom is -0.490 e. The lowest BCUT2D eigenvalue weighted by Gasteiger charge is -2.29. The van der Waals surface area contributed by atoms with Gasteiger partial charge in [0.05, 0.1) is 12.2 Å². The molecule has 0 aliphatic carbocycles. The van der Waals surface area contributed by atoms with Gasteiger partial charge in [-0.25, -0.2) is 0 Å². The van der Waals surface area contributed by atoms with E-state index in [1.165, 1.54) is 0 Å². The van der Waals surface area contributed by atoms with Crippen molar-refractivity contribution < 1.29 is 9.53 Å². The van der Waals surface area contributed by atoms with Crippen molar-refractivity contribution in [1.82, 2.24) is 0 Å². The third-order valence-electron chi connectivity index (χ3n) is 2.55. The number of nitrogens with zero attached hydrogens (tertiary/aromatic N) is 1. The Labute approximate surface area is 104 Å². The first-order chi connectivity index (χ1) is 7.72. The van der Waals surface area contributed by atoms with E-state index in [-0.39, 0.29) is 5.91 Å². The zero-order valence-electron chi connectivity index (χ0n) is 9.20. The summed E-state index contributed by atoms with van der Waals surface area (Å²) in [6.07, 6.45) is 1.46. The third kappa shape index (κ3) is 2.21. The molecule has 0 fully saturated rings. The monoisotopic (exact) mass is 283 g/mol. The summed E-state index contributed by atoms with van der Waals surface area (Å²) in [5.41, 5.74) is 0.874. The number of halogens is 1. The molecule has 1 aromatic rings. The fraction of sp³-hybridized carbons (Fsp3) is 0.417. The molecule has 0 saturated heterocycles. The first kappa shape index (κ1) is 11.5. The van der Waals surface area contributed by atoms with Crippen LogP contribution in [0.2, 0.25) is 0 Å². The van der Waals surface area contributed by atoms with Crippen molar-refractivity contribution in [3.05, 3.63) is 22.7 Å². The fourth-order valence-electron chi connectivity index (χ4n) is 1.80. The van der Waals surface area contributed by atoms with E-state index in [1.807, 2.05) is 30.0 Å². The van der Waals surface area contributed by atoms with Gasteiger partial charge in [0.2, 0.25) is 5.91 Å². The van der Waals surface area contributed by atoms with Crippen LogP contribution >= 0.6 is 15.9 Å². The predicted octanol–water partition coefficient (Wildman–Crippen LogP) is 2.97. The lowest BCUT2D eigenvalue weighted by molar-refractivity contribution is -0.118. The molecule has 0 saturated carbocycles. The number of anilines is 1. The van der Waals surface area contributed by atoms with E-state index in [4.69, 9.17) is 4.74 Å². The highest BCUT2D eigenvalue weighted by Crippen LogP contribution is 2.34. The van der Waals surface area contributed by atoms with E-state index in [2.05, 4.69) is 15.9 Å². The van der Waals surface area contributed by atoms with E-state index in [1.54, 1.807) is 0 Å². The van der Waals surface area contributed by atoms with Crippen LogP contribution in [0.1, 0.15) is 19.8 Å². The van der Waals surface area contributed by atoms with Crippen molar-refractivity contribution >= 4 is 27.5 Å². The van der Waals surface area contributed by atoms with Crippen LogP contribution in [0, 0.1) is 0 Å². The van der Waals surface area contributed by atoms with Gasteiger partial charge in [-0.05, 0) is 24.6 Å². The van der Waals surface area contributed by atoms with Crippen molar-refractivity contribution in [3.63, 3.8) is 0 Å². The molecule has 0 spiro atoms. The highest BCUT2D eigenvalue weighted by Gasteiger charge is 2.22. The number of fused-ring (bicyclic) bond motifs is 1. The van der Waals surface area contributed by atoms with Gasteiger partial charge in [0.1, 0.15) is 12.4 Å². The van der Waals surface area contributed by atoms with E-state index >= 15 is 0 Å². The van der Waals surface area contributed by atoms with Gasteiger partial charge >= 0.3 is 0 Å². The minimum absolute atomic E-state index is 0.171. The van der Waals surface area contributed by atoms with Gasteiger partial charge in [0, 0.05) is 10.9 Å². The molecule has 0 atom stereocenters. The summed E-state index contributed by atoms with van der Waals surface area (Å²) in [7, 11) is 0. The Hall–Kier alpha value is -1.03. The van der Waals surface area contributed by atoms with Crippen LogP contribution in [0.5, 0.6) is 5.75 Å². The van der Waals surface area contributed by atoms with E-state index < -0.39 is 0 Å². The molecule has 0 N–H and O–H groups in total. The topological polar surface area (TPSA) is 29.5 Å². The van der Waals surface area contributed by atoms with Crippen LogP contribution in [0.15, 0.2) is 22.7 Å². The second kappa shape index (κ2) is 4.87. The molecule has 4 heteroatoms. The highest BCUT2D eigenvalue weighted by molar-refractivity contribution is 9.10. The van der Waals surface area contributed by atoms with Crippen LogP contribution in [-0.4, -0.2) is 19.1 Å². The Balaban J connectivity index is 2.31. The van der Waals surface area contributed by atoms with Crippen LogP contribution in [0.4, 0.5) is 5.69 Å². The molecule has 1 aromatic carbocycles. The van der Waals surface area contributed by atoms with E-state index in [0.29, 0.717) is 19.6 Å². The van der Waals surface area contributed by atoms with Crippen LogP contribution in [-0.2, 0) is 4.79 Å². The van der Waals surface area contributed by atoms with Crippen molar-refractivity contribution in [2.75, 3.05) is 18.1 Å². The van der Waals surface area contributed by atoms with Crippen molar-refractivity contribution in [1.29, 1.82) is 0 Å². The second-order valence-corrected chi connectivity index (χ2v) is 4.67. The third-order valence-corrected chi connectivity index (χ3v) is 3.04. The molecule has 0 aromatic heterocycles. The number of benzene rings is 1. The van der Waals surface area contributed by atoms with Gasteiger partial charge < -0.3 is 9.64 Å². The summed E-state index contributed by atoms with van der Waals surface area (Å²) >= 11 is 3.41. The molecule has 0 unspecified atom stereocenters. The number of ether oxygens (including phenoxy) is 1. The maximum Gasteiger partial charge on any atom is 0.227 e. The molecule has 2 rings (SSSR count). The summed E-state index contributed by atoms with van der Waals surface area (Å²) < 4.78 is 6.49. The number of hydrogen-bond acceptors (Lipinski definition) is 2. The zero-order valence-corrected chi connectivity index (χ0v) is 10.8. The Morgan fingerprint density at radius 3 is 3.12 bits per heavy atom. The van der Waals surface area contributed by atoms with Crippen LogP contribution in [0.3, 0.4) is 0 Å². The van der Waals surface area contributed by atoms with Crippen molar-refractivity contribution in [2.24, 2.45) is 0 Å². The molecule has 1 aliphatic heterocycles. The van der Waals surface area contributed by atoms with E-state index in [9.17, 15) is 4.79 Å². The molecule has 0 radical (unpaired) electrons. The summed E-state index contributed by atoms with van der Waals surface area (Å²) in [5, 5.41) is 0. The smallest absolute Gasteiger partial charge is 0.227 e. The molecule has 1 heterocycles. The summed E-state index contributed by atoms with van der Waals surface area (Å²) in [6.45, 7) is 3.23. The largest absolute Gasteiger partial charge is 0.490 e. The van der Waals surface area contributed by atoms with Crippen molar-refractivity contribution in [2.45, 2.75) is 19.8 Å². The average Bonchev–Trinajstić information content (AvgIpc) is 2.28. The van der Waals surface area contributed by atoms with Crippen molar-refractivity contribution in [3.8, 4) is 5.75 Å². The van der Waals surface area contributed by atoms with Gasteiger partial charge in [-0.3, -0.25) is 4.79 Å². The summed E-state index contributed by atoms with van der Waals surface area (Å²) in [5.74, 6) is 0.962. The molecular formula is C12H14BrNO2. The van der Waals surface area contributed by atoms with Gasteiger partial charge in [-0.2, -0.15) is 0 Å². The van der Waals surface area contributed by atoms with Gasteiger partial charge in [0.25, 0.3) is 0 Å². The Morgan fingerprint density at radius 1 is 1.56 bits per heavy atom. The first-order valence-electron chi connectivity index (χ1n) is 5.45. The second-order valence-electron chi connectivity index (χ2n) is 3.76. The number of carbonyl (C=O) groups is 1. The maximum absolute atomic E-state index is 11.9. The first-order valence-corrected chi connectivity index (χ1v) is 6.24. The van der Waals surface area contributed by atoms with Crippen LogP contribution < -0.4 is 9.64 Å². The lowest BCUT2D eigenvalue weighted by Crippen LogP contribution is -2.37. The summed E-state index contributed by atoms with van der Waals surface area (Å²) in [6, 6.07) is 5.75. The number of carbonyl (C=O) groups excluding carboxylic acids is 1. The normalized spacial score (nSPS) is 14.2.